The number of aromatic nitrogens is 3. The molecule has 0 aliphatic heterocycles. The Morgan fingerprint density at radius 1 is 1.03 bits per heavy atom. The first-order valence-corrected chi connectivity index (χ1v) is 11.3. The van der Waals surface area contributed by atoms with Gasteiger partial charge in [-0.1, -0.05) is 23.9 Å². The van der Waals surface area contributed by atoms with Crippen molar-refractivity contribution in [1.82, 2.24) is 14.8 Å². The third kappa shape index (κ3) is 4.01. The van der Waals surface area contributed by atoms with E-state index in [-0.39, 0.29) is 17.1 Å². The van der Waals surface area contributed by atoms with Crippen molar-refractivity contribution in [2.75, 3.05) is 7.11 Å². The van der Waals surface area contributed by atoms with Crippen molar-refractivity contribution in [3.8, 4) is 17.1 Å². The van der Waals surface area contributed by atoms with Gasteiger partial charge in [-0.3, -0.25) is 9.36 Å². The van der Waals surface area contributed by atoms with E-state index in [9.17, 15) is 4.79 Å². The minimum absolute atomic E-state index is 0.138. The smallest absolute Gasteiger partial charge is 0.192 e. The molecule has 6 heteroatoms. The number of carbonyl (C=O) groups is 1. The van der Waals surface area contributed by atoms with Gasteiger partial charge in [-0.05, 0) is 81.5 Å². The summed E-state index contributed by atoms with van der Waals surface area (Å²) in [4.78, 5) is 13.1. The van der Waals surface area contributed by atoms with Crippen LogP contribution in [0.4, 0.5) is 0 Å². The van der Waals surface area contributed by atoms with Crippen LogP contribution in [0.15, 0.2) is 47.6 Å². The quantitative estimate of drug-likeness (QED) is 0.378. The average molecular weight is 422 g/mol. The Morgan fingerprint density at radius 3 is 2.47 bits per heavy atom. The van der Waals surface area contributed by atoms with Gasteiger partial charge in [0.25, 0.3) is 0 Å². The van der Waals surface area contributed by atoms with Crippen LogP contribution in [0, 0.1) is 0 Å². The second-order valence-electron chi connectivity index (χ2n) is 7.96. The highest BCUT2D eigenvalue weighted by Gasteiger charge is 2.24. The number of aryl methyl sites for hydroxylation is 2. The molecule has 0 fully saturated rings. The summed E-state index contributed by atoms with van der Waals surface area (Å²) >= 11 is 1.47. The molecule has 0 radical (unpaired) electrons. The van der Waals surface area contributed by atoms with Crippen LogP contribution < -0.4 is 4.74 Å². The minimum atomic E-state index is -0.241. The number of benzene rings is 2. The molecule has 1 atom stereocenters. The van der Waals surface area contributed by atoms with Crippen LogP contribution in [0.25, 0.3) is 11.4 Å². The van der Waals surface area contributed by atoms with E-state index in [4.69, 9.17) is 4.74 Å². The highest BCUT2D eigenvalue weighted by atomic mass is 32.2. The van der Waals surface area contributed by atoms with E-state index in [0.29, 0.717) is 0 Å². The predicted octanol–water partition coefficient (Wildman–Crippen LogP) is 5.39. The van der Waals surface area contributed by atoms with Gasteiger partial charge in [-0.2, -0.15) is 0 Å². The first kappa shape index (κ1) is 20.7. The van der Waals surface area contributed by atoms with Crippen LogP contribution in [-0.4, -0.2) is 32.9 Å². The summed E-state index contributed by atoms with van der Waals surface area (Å²) < 4.78 is 7.35. The molecule has 0 unspecified atom stereocenters. The lowest BCUT2D eigenvalue weighted by Gasteiger charge is -2.16. The summed E-state index contributed by atoms with van der Waals surface area (Å²) in [5.74, 6) is 1.74. The molecule has 0 N–H and O–H groups in total. The number of hydrogen-bond donors (Lipinski definition) is 0. The number of nitrogens with zero attached hydrogens (tertiary/aromatic N) is 3. The summed E-state index contributed by atoms with van der Waals surface area (Å²) in [5.41, 5.74) is 4.48. The molecule has 4 rings (SSSR count). The lowest BCUT2D eigenvalue weighted by atomic mass is 10.0. The van der Waals surface area contributed by atoms with Crippen LogP contribution in [0.3, 0.4) is 0 Å². The Labute approximate surface area is 181 Å². The molecule has 0 bridgehead atoms. The molecular formula is C24H27N3O2S. The average Bonchev–Trinajstić information content (AvgIpc) is 3.39. The summed E-state index contributed by atoms with van der Waals surface area (Å²) in [6, 6.07) is 14.1. The van der Waals surface area contributed by atoms with Gasteiger partial charge in [0.15, 0.2) is 16.8 Å². The lowest BCUT2D eigenvalue weighted by molar-refractivity contribution is 0.0993. The van der Waals surface area contributed by atoms with Gasteiger partial charge < -0.3 is 4.74 Å². The Kier molecular flexibility index (Phi) is 5.95. The Hall–Kier alpha value is -2.60. The van der Waals surface area contributed by atoms with Crippen LogP contribution in [-0.2, 0) is 12.8 Å². The molecule has 1 aromatic heterocycles. The zero-order chi connectivity index (χ0) is 21.3. The monoisotopic (exact) mass is 421 g/mol. The normalized spacial score (nSPS) is 14.0. The highest BCUT2D eigenvalue weighted by molar-refractivity contribution is 8.00. The molecule has 5 nitrogen and oxygen atoms in total. The zero-order valence-corrected chi connectivity index (χ0v) is 18.7. The van der Waals surface area contributed by atoms with E-state index in [1.807, 2.05) is 37.3 Å². The van der Waals surface area contributed by atoms with Crippen molar-refractivity contribution < 1.29 is 9.53 Å². The topological polar surface area (TPSA) is 57.0 Å². The van der Waals surface area contributed by atoms with Gasteiger partial charge in [0.05, 0.1) is 12.4 Å². The number of ether oxygens (including phenoxy) is 1. The maximum Gasteiger partial charge on any atom is 0.192 e. The Morgan fingerprint density at radius 2 is 1.77 bits per heavy atom. The van der Waals surface area contributed by atoms with Crippen LogP contribution in [0.1, 0.15) is 54.7 Å². The van der Waals surface area contributed by atoms with Crippen LogP contribution >= 0.6 is 11.8 Å². The lowest BCUT2D eigenvalue weighted by Crippen LogP contribution is -2.15. The third-order valence-corrected chi connectivity index (χ3v) is 6.62. The first-order chi connectivity index (χ1) is 14.5. The number of rotatable bonds is 7. The summed E-state index contributed by atoms with van der Waals surface area (Å²) in [6.45, 7) is 6.16. The maximum absolute atomic E-state index is 13.1. The summed E-state index contributed by atoms with van der Waals surface area (Å²) in [7, 11) is 1.65. The number of fused-ring (bicyclic) bond motifs is 1. The fraction of sp³-hybridized carbons (Fsp3) is 0.375. The predicted molar refractivity (Wildman–Crippen MR) is 121 cm³/mol. The standard InChI is InChI=1S/C24H27N3O2S/c1-15(2)27-23(18-10-12-21(29-4)13-11-18)25-26-24(27)30-16(3)22(28)20-9-8-17-6-5-7-19(17)14-20/h8-16H,5-7H2,1-4H3/t16-/m1/s1. The number of thioether (sulfide) groups is 1. The second kappa shape index (κ2) is 8.64. The first-order valence-electron chi connectivity index (χ1n) is 10.4. The van der Waals surface area contributed by atoms with Gasteiger partial charge >= 0.3 is 0 Å². The van der Waals surface area contributed by atoms with Gasteiger partial charge in [-0.15, -0.1) is 10.2 Å². The number of hydrogen-bond acceptors (Lipinski definition) is 5. The SMILES string of the molecule is COc1ccc(-c2nnc(S[C@H](C)C(=O)c3ccc4c(c3)CCC4)n2C(C)C)cc1. The van der Waals surface area contributed by atoms with Gasteiger partial charge in [0.2, 0.25) is 0 Å². The summed E-state index contributed by atoms with van der Waals surface area (Å²) in [6.07, 6.45) is 3.38. The molecule has 3 aromatic rings. The van der Waals surface area contributed by atoms with Crippen molar-refractivity contribution >= 4 is 17.5 Å². The van der Waals surface area contributed by atoms with E-state index in [1.54, 1.807) is 7.11 Å². The van der Waals surface area contributed by atoms with E-state index in [2.05, 4.69) is 40.7 Å². The largest absolute Gasteiger partial charge is 0.497 e. The second-order valence-corrected chi connectivity index (χ2v) is 9.27. The molecule has 30 heavy (non-hydrogen) atoms. The van der Waals surface area contributed by atoms with Crippen molar-refractivity contribution in [2.45, 2.75) is 56.5 Å². The molecule has 1 aliphatic carbocycles. The molecule has 2 aromatic carbocycles. The number of ketones is 1. The van der Waals surface area contributed by atoms with E-state index in [1.165, 1.54) is 29.3 Å². The van der Waals surface area contributed by atoms with E-state index < -0.39 is 0 Å². The van der Waals surface area contributed by atoms with Gasteiger partial charge in [0, 0.05) is 17.2 Å². The number of carbonyl (C=O) groups excluding carboxylic acids is 1. The fourth-order valence-electron chi connectivity index (χ4n) is 3.93. The van der Waals surface area contributed by atoms with E-state index in [0.717, 1.165) is 40.7 Å². The Bertz CT molecular complexity index is 1060. The molecule has 1 heterocycles. The number of methoxy groups -OCH3 is 1. The molecule has 0 saturated heterocycles. The van der Waals surface area contributed by atoms with Crippen molar-refractivity contribution in [2.24, 2.45) is 0 Å². The van der Waals surface area contributed by atoms with Gasteiger partial charge in [0.1, 0.15) is 5.75 Å². The molecule has 156 valence electrons. The molecule has 0 saturated carbocycles. The Balaban J connectivity index is 1.57. The minimum Gasteiger partial charge on any atom is -0.497 e. The van der Waals surface area contributed by atoms with Crippen LogP contribution in [0.5, 0.6) is 5.75 Å². The summed E-state index contributed by atoms with van der Waals surface area (Å²) in [5, 5.41) is 9.38. The van der Waals surface area contributed by atoms with Crippen molar-refractivity contribution in [3.05, 3.63) is 59.2 Å². The van der Waals surface area contributed by atoms with Crippen molar-refractivity contribution in [3.63, 3.8) is 0 Å². The molecule has 0 amide bonds. The van der Waals surface area contributed by atoms with Gasteiger partial charge in [-0.25, -0.2) is 0 Å². The fourth-order valence-corrected chi connectivity index (χ4v) is 4.99. The molecule has 0 spiro atoms. The molecule has 1 aliphatic rings. The molecular weight excluding hydrogens is 394 g/mol. The van der Waals surface area contributed by atoms with Crippen molar-refractivity contribution in [1.29, 1.82) is 0 Å². The highest BCUT2D eigenvalue weighted by Crippen LogP contribution is 2.32. The van der Waals surface area contributed by atoms with Crippen LogP contribution in [0.2, 0.25) is 0 Å². The number of Topliss-reactive ketones (excluding diaryl/α,β-unsaturated/α-hetero) is 1. The van der Waals surface area contributed by atoms with E-state index >= 15 is 0 Å². The maximum atomic E-state index is 13.1. The third-order valence-electron chi connectivity index (χ3n) is 5.56. The zero-order valence-electron chi connectivity index (χ0n) is 17.9.